The summed E-state index contributed by atoms with van der Waals surface area (Å²) in [5, 5.41) is 15.5. The van der Waals surface area contributed by atoms with E-state index in [1.54, 1.807) is 41.8 Å². The van der Waals surface area contributed by atoms with Crippen LogP contribution >= 0.6 is 11.3 Å². The molecule has 1 N–H and O–H groups in total. The molecular weight excluding hydrogens is 394 g/mol. The Bertz CT molecular complexity index is 1060. The van der Waals surface area contributed by atoms with Crippen LogP contribution in [0, 0.1) is 17.0 Å². The third kappa shape index (κ3) is 5.02. The highest BCUT2D eigenvalue weighted by molar-refractivity contribution is 7.14. The lowest BCUT2D eigenvalue weighted by Gasteiger charge is -2.12. The normalized spacial score (nSPS) is 11.5. The monoisotopic (exact) mass is 411 g/mol. The van der Waals surface area contributed by atoms with Gasteiger partial charge in [0.1, 0.15) is 0 Å². The number of carbonyl (C=O) groups is 2. The first-order valence-electron chi connectivity index (χ1n) is 8.62. The van der Waals surface area contributed by atoms with Gasteiger partial charge in [0.25, 0.3) is 11.6 Å². The van der Waals surface area contributed by atoms with Crippen molar-refractivity contribution in [3.63, 3.8) is 0 Å². The number of anilines is 1. The minimum atomic E-state index is -1.02. The molecular formula is C20H17N3O5S. The maximum atomic E-state index is 12.3. The first kappa shape index (κ1) is 20.2. The zero-order valence-corrected chi connectivity index (χ0v) is 16.4. The molecule has 9 heteroatoms. The number of nitrogens with one attached hydrogen (secondary N) is 1. The van der Waals surface area contributed by atoms with Crippen molar-refractivity contribution in [2.75, 3.05) is 5.32 Å². The number of rotatable bonds is 6. The Labute approximate surface area is 170 Å². The van der Waals surface area contributed by atoms with Crippen molar-refractivity contribution < 1.29 is 19.2 Å². The average molecular weight is 411 g/mol. The standard InChI is InChI=1S/C20H17N3O5S/c1-12-6-8-14(9-7-12)19(25)28-13(2)18(24)22-20-21-17(11-29-20)15-4-3-5-16(10-15)23(26)27/h3-11,13H,1-2H3,(H,21,22,24). The molecule has 0 radical (unpaired) electrons. The van der Waals surface area contributed by atoms with E-state index in [0.717, 1.165) is 5.56 Å². The summed E-state index contributed by atoms with van der Waals surface area (Å²) in [7, 11) is 0. The lowest BCUT2D eigenvalue weighted by Crippen LogP contribution is -2.29. The van der Waals surface area contributed by atoms with E-state index in [-0.39, 0.29) is 5.69 Å². The Hall–Kier alpha value is -3.59. The zero-order valence-electron chi connectivity index (χ0n) is 15.6. The quantitative estimate of drug-likeness (QED) is 0.369. The number of hydrogen-bond donors (Lipinski definition) is 1. The predicted octanol–water partition coefficient (Wildman–Crippen LogP) is 4.21. The minimum absolute atomic E-state index is 0.0438. The molecule has 1 unspecified atom stereocenters. The topological polar surface area (TPSA) is 111 Å². The number of nitro benzene ring substituents is 1. The molecule has 0 aliphatic heterocycles. The van der Waals surface area contributed by atoms with E-state index in [1.165, 1.54) is 30.4 Å². The van der Waals surface area contributed by atoms with Gasteiger partial charge in [-0.15, -0.1) is 11.3 Å². The average Bonchev–Trinajstić information content (AvgIpc) is 3.17. The summed E-state index contributed by atoms with van der Waals surface area (Å²) in [5.74, 6) is -1.12. The summed E-state index contributed by atoms with van der Waals surface area (Å²) in [6, 6.07) is 12.9. The first-order chi connectivity index (χ1) is 13.8. The van der Waals surface area contributed by atoms with Crippen molar-refractivity contribution in [2.24, 2.45) is 0 Å². The summed E-state index contributed by atoms with van der Waals surface area (Å²) >= 11 is 1.17. The van der Waals surface area contributed by atoms with Crippen molar-refractivity contribution in [2.45, 2.75) is 20.0 Å². The van der Waals surface area contributed by atoms with E-state index >= 15 is 0 Å². The van der Waals surface area contributed by atoms with E-state index in [2.05, 4.69) is 10.3 Å². The van der Waals surface area contributed by atoms with Crippen LogP contribution in [0.15, 0.2) is 53.9 Å². The SMILES string of the molecule is Cc1ccc(C(=O)OC(C)C(=O)Nc2nc(-c3cccc([N+](=O)[O-])c3)cs2)cc1. The number of aromatic nitrogens is 1. The van der Waals surface area contributed by atoms with Gasteiger partial charge in [-0.05, 0) is 26.0 Å². The lowest BCUT2D eigenvalue weighted by molar-refractivity contribution is -0.384. The zero-order chi connectivity index (χ0) is 21.0. The van der Waals surface area contributed by atoms with Gasteiger partial charge in [0, 0.05) is 23.1 Å². The van der Waals surface area contributed by atoms with Gasteiger partial charge in [-0.3, -0.25) is 20.2 Å². The number of benzene rings is 2. The molecule has 1 heterocycles. The fraction of sp³-hybridized carbons (Fsp3) is 0.150. The van der Waals surface area contributed by atoms with E-state index in [9.17, 15) is 19.7 Å². The van der Waals surface area contributed by atoms with E-state index < -0.39 is 22.9 Å². The van der Waals surface area contributed by atoms with E-state index in [0.29, 0.717) is 22.0 Å². The number of hydrogen-bond acceptors (Lipinski definition) is 7. The smallest absolute Gasteiger partial charge is 0.338 e. The molecule has 3 aromatic rings. The molecule has 0 bridgehead atoms. The molecule has 0 fully saturated rings. The van der Waals surface area contributed by atoms with Crippen LogP contribution in [0.3, 0.4) is 0 Å². The summed E-state index contributed by atoms with van der Waals surface area (Å²) in [6.45, 7) is 3.37. The van der Waals surface area contributed by atoms with Gasteiger partial charge in [-0.1, -0.05) is 29.8 Å². The Morgan fingerprint density at radius 2 is 1.93 bits per heavy atom. The van der Waals surface area contributed by atoms with Crippen LogP contribution in [0.4, 0.5) is 10.8 Å². The molecule has 2 aromatic carbocycles. The minimum Gasteiger partial charge on any atom is -0.449 e. The molecule has 0 aliphatic carbocycles. The number of carbonyl (C=O) groups excluding carboxylic acids is 2. The maximum Gasteiger partial charge on any atom is 0.338 e. The summed E-state index contributed by atoms with van der Waals surface area (Å²) in [5.41, 5.74) is 2.39. The predicted molar refractivity (Wildman–Crippen MR) is 109 cm³/mol. The van der Waals surface area contributed by atoms with Crippen LogP contribution in [0.5, 0.6) is 0 Å². The van der Waals surface area contributed by atoms with E-state index in [4.69, 9.17) is 4.74 Å². The van der Waals surface area contributed by atoms with Crippen LogP contribution < -0.4 is 5.32 Å². The molecule has 1 aromatic heterocycles. The van der Waals surface area contributed by atoms with Gasteiger partial charge in [-0.2, -0.15) is 0 Å². The van der Waals surface area contributed by atoms with Gasteiger partial charge in [-0.25, -0.2) is 9.78 Å². The molecule has 0 saturated carbocycles. The third-order valence-electron chi connectivity index (χ3n) is 4.03. The van der Waals surface area contributed by atoms with Crippen LogP contribution in [0.2, 0.25) is 0 Å². The number of aryl methyl sites for hydroxylation is 1. The summed E-state index contributed by atoms with van der Waals surface area (Å²) in [4.78, 5) is 39.1. The number of nitro groups is 1. The molecule has 148 valence electrons. The van der Waals surface area contributed by atoms with Crippen LogP contribution in [-0.2, 0) is 9.53 Å². The molecule has 0 spiro atoms. The van der Waals surface area contributed by atoms with E-state index in [1.807, 2.05) is 6.92 Å². The largest absolute Gasteiger partial charge is 0.449 e. The second kappa shape index (κ2) is 8.61. The van der Waals surface area contributed by atoms with Crippen molar-refractivity contribution >= 4 is 34.0 Å². The number of esters is 1. The number of nitrogens with zero attached hydrogens (tertiary/aromatic N) is 2. The van der Waals surface area contributed by atoms with Gasteiger partial charge in [0.05, 0.1) is 16.2 Å². The lowest BCUT2D eigenvalue weighted by atomic mass is 10.1. The first-order valence-corrected chi connectivity index (χ1v) is 9.50. The molecule has 29 heavy (non-hydrogen) atoms. The molecule has 8 nitrogen and oxygen atoms in total. The Kier molecular flexibility index (Phi) is 5.99. The van der Waals surface area contributed by atoms with Crippen molar-refractivity contribution in [3.8, 4) is 11.3 Å². The van der Waals surface area contributed by atoms with Crippen LogP contribution in [0.25, 0.3) is 11.3 Å². The third-order valence-corrected chi connectivity index (χ3v) is 4.79. The molecule has 3 rings (SSSR count). The Morgan fingerprint density at radius 1 is 1.21 bits per heavy atom. The number of amides is 1. The number of non-ortho nitro benzene ring substituents is 1. The Balaban J connectivity index is 1.63. The molecule has 1 atom stereocenters. The van der Waals surface area contributed by atoms with Gasteiger partial charge < -0.3 is 4.74 Å². The van der Waals surface area contributed by atoms with Gasteiger partial charge >= 0.3 is 5.97 Å². The second-order valence-corrected chi connectivity index (χ2v) is 7.11. The van der Waals surface area contributed by atoms with Crippen molar-refractivity contribution in [1.82, 2.24) is 4.98 Å². The fourth-order valence-electron chi connectivity index (χ4n) is 2.42. The van der Waals surface area contributed by atoms with Crippen LogP contribution in [-0.4, -0.2) is 27.9 Å². The highest BCUT2D eigenvalue weighted by Crippen LogP contribution is 2.27. The second-order valence-electron chi connectivity index (χ2n) is 6.25. The molecule has 0 saturated heterocycles. The fourth-order valence-corrected chi connectivity index (χ4v) is 3.14. The molecule has 0 aliphatic rings. The van der Waals surface area contributed by atoms with Crippen molar-refractivity contribution in [1.29, 1.82) is 0 Å². The molecule has 1 amide bonds. The van der Waals surface area contributed by atoms with Gasteiger partial charge in [0.15, 0.2) is 11.2 Å². The van der Waals surface area contributed by atoms with Gasteiger partial charge in [0.2, 0.25) is 0 Å². The number of ether oxygens (including phenoxy) is 1. The van der Waals surface area contributed by atoms with Crippen molar-refractivity contribution in [3.05, 3.63) is 75.2 Å². The highest BCUT2D eigenvalue weighted by Gasteiger charge is 2.20. The maximum absolute atomic E-state index is 12.3. The highest BCUT2D eigenvalue weighted by atomic mass is 32.1. The summed E-state index contributed by atoms with van der Waals surface area (Å²) < 4.78 is 5.19. The Morgan fingerprint density at radius 3 is 2.62 bits per heavy atom. The number of thiazole rings is 1. The summed E-state index contributed by atoms with van der Waals surface area (Å²) in [6.07, 6.45) is -1.02. The van der Waals surface area contributed by atoms with Crippen LogP contribution in [0.1, 0.15) is 22.8 Å².